The van der Waals surface area contributed by atoms with Crippen molar-refractivity contribution in [3.63, 3.8) is 0 Å². The second kappa shape index (κ2) is 7.42. The molecule has 2 bridgehead atoms. The summed E-state index contributed by atoms with van der Waals surface area (Å²) in [6, 6.07) is 17.9. The molecule has 0 aromatic heterocycles. The number of fused-ring (bicyclic) bond motifs is 2. The van der Waals surface area contributed by atoms with Crippen molar-refractivity contribution in [3.05, 3.63) is 71.0 Å². The number of halogens is 1. The van der Waals surface area contributed by atoms with Crippen LogP contribution in [-0.2, 0) is 18.6 Å². The molecule has 2 aliphatic rings. The topological polar surface area (TPSA) is 47.3 Å². The van der Waals surface area contributed by atoms with Gasteiger partial charge in [-0.3, -0.25) is 4.90 Å². The third-order valence-electron chi connectivity index (χ3n) is 6.22. The fraction of sp³-hybridized carbons (Fsp3) is 0.435. The fourth-order valence-electron chi connectivity index (χ4n) is 4.89. The number of nitriles is 1. The summed E-state index contributed by atoms with van der Waals surface area (Å²) in [5, 5.41) is 20.4. The lowest BCUT2D eigenvalue weighted by molar-refractivity contribution is -0.0999. The molecule has 27 heavy (non-hydrogen) atoms. The van der Waals surface area contributed by atoms with Gasteiger partial charge in [0.1, 0.15) is 5.82 Å². The number of hydrogen-bond donors (Lipinski definition) is 1. The van der Waals surface area contributed by atoms with Gasteiger partial charge >= 0.3 is 0 Å². The van der Waals surface area contributed by atoms with E-state index in [2.05, 4.69) is 29.2 Å². The van der Waals surface area contributed by atoms with Crippen molar-refractivity contribution in [3.8, 4) is 6.07 Å². The van der Waals surface area contributed by atoms with Crippen LogP contribution in [0.4, 0.5) is 4.39 Å². The summed E-state index contributed by atoms with van der Waals surface area (Å²) in [5.41, 5.74) is 1.49. The maximum absolute atomic E-state index is 13.9. The summed E-state index contributed by atoms with van der Waals surface area (Å²) < 4.78 is 13.9. The molecule has 3 nitrogen and oxygen atoms in total. The Labute approximate surface area is 160 Å². The molecule has 2 atom stereocenters. The van der Waals surface area contributed by atoms with Crippen LogP contribution in [0, 0.1) is 17.1 Å². The lowest BCUT2D eigenvalue weighted by Gasteiger charge is -2.52. The van der Waals surface area contributed by atoms with E-state index >= 15 is 0 Å². The summed E-state index contributed by atoms with van der Waals surface area (Å²) in [6.07, 6.45) is 4.71. The van der Waals surface area contributed by atoms with Crippen molar-refractivity contribution in [2.24, 2.45) is 0 Å². The van der Waals surface area contributed by atoms with E-state index in [-0.39, 0.29) is 12.2 Å². The Morgan fingerprint density at radius 2 is 1.81 bits per heavy atom. The van der Waals surface area contributed by atoms with Gasteiger partial charge in [-0.2, -0.15) is 5.26 Å². The second-order valence-corrected chi connectivity index (χ2v) is 7.98. The normalized spacial score (nSPS) is 27.9. The molecule has 0 spiro atoms. The van der Waals surface area contributed by atoms with E-state index in [9.17, 15) is 9.50 Å². The lowest BCUT2D eigenvalue weighted by Crippen LogP contribution is -2.56. The Hall–Kier alpha value is -2.22. The lowest BCUT2D eigenvalue weighted by atomic mass is 9.72. The molecule has 0 radical (unpaired) electrons. The summed E-state index contributed by atoms with van der Waals surface area (Å²) in [5.74, 6) is -0.370. The van der Waals surface area contributed by atoms with E-state index < -0.39 is 5.60 Å². The van der Waals surface area contributed by atoms with Crippen LogP contribution < -0.4 is 0 Å². The number of piperidine rings is 2. The van der Waals surface area contributed by atoms with Crippen molar-refractivity contribution in [2.45, 2.75) is 62.8 Å². The molecule has 0 aliphatic carbocycles. The van der Waals surface area contributed by atoms with Crippen LogP contribution in [0.15, 0.2) is 48.5 Å². The summed E-state index contributed by atoms with van der Waals surface area (Å²) in [6.45, 7) is 0.912. The van der Waals surface area contributed by atoms with Crippen molar-refractivity contribution in [1.82, 2.24) is 4.90 Å². The Morgan fingerprint density at radius 1 is 1.11 bits per heavy atom. The predicted molar refractivity (Wildman–Crippen MR) is 102 cm³/mol. The molecule has 1 N–H and O–H groups in total. The average Bonchev–Trinajstić information content (AvgIpc) is 2.65. The molecule has 0 saturated carbocycles. The van der Waals surface area contributed by atoms with Crippen molar-refractivity contribution in [1.29, 1.82) is 5.26 Å². The number of aliphatic hydroxyl groups is 1. The van der Waals surface area contributed by atoms with E-state index in [1.165, 1.54) is 18.1 Å². The highest BCUT2D eigenvalue weighted by Crippen LogP contribution is 2.45. The molecule has 140 valence electrons. The Balaban J connectivity index is 1.59. The molecule has 2 unspecified atom stereocenters. The maximum Gasteiger partial charge on any atom is 0.127 e. The molecule has 2 aliphatic heterocycles. The zero-order chi connectivity index (χ0) is 18.9. The zero-order valence-electron chi connectivity index (χ0n) is 15.4. The average molecular weight is 364 g/mol. The van der Waals surface area contributed by atoms with Gasteiger partial charge in [0, 0.05) is 24.2 Å². The minimum Gasteiger partial charge on any atom is -0.385 e. The van der Waals surface area contributed by atoms with Gasteiger partial charge in [-0.1, -0.05) is 42.8 Å². The molecule has 4 heteroatoms. The van der Waals surface area contributed by atoms with Crippen LogP contribution >= 0.6 is 0 Å². The Kier molecular flexibility index (Phi) is 4.99. The molecule has 2 aromatic rings. The van der Waals surface area contributed by atoms with Gasteiger partial charge in [0.15, 0.2) is 0 Å². The summed E-state index contributed by atoms with van der Waals surface area (Å²) in [7, 11) is 0. The van der Waals surface area contributed by atoms with Gasteiger partial charge in [0.25, 0.3) is 0 Å². The molecule has 4 rings (SSSR count). The number of hydrogen-bond acceptors (Lipinski definition) is 3. The molecular formula is C23H25FN2O. The highest BCUT2D eigenvalue weighted by atomic mass is 19.1. The van der Waals surface area contributed by atoms with Gasteiger partial charge in [-0.25, -0.2) is 4.39 Å². The van der Waals surface area contributed by atoms with Gasteiger partial charge in [0.05, 0.1) is 18.1 Å². The minimum absolute atomic E-state index is 0.0305. The van der Waals surface area contributed by atoms with Crippen LogP contribution in [0.25, 0.3) is 0 Å². The first-order valence-electron chi connectivity index (χ1n) is 9.77. The first-order chi connectivity index (χ1) is 13.1. The Morgan fingerprint density at radius 3 is 2.48 bits per heavy atom. The van der Waals surface area contributed by atoms with Crippen molar-refractivity contribution < 1.29 is 9.50 Å². The number of benzene rings is 2. The maximum atomic E-state index is 13.9. The first kappa shape index (κ1) is 18.2. The highest BCUT2D eigenvalue weighted by Gasteiger charge is 2.46. The standard InChI is InChI=1S/C23H25FN2O/c24-22-10-9-19(13-18(22)11-12-25)23(27)14-20-7-4-8-21(15-23)26(20)16-17-5-2-1-3-6-17/h1-3,5-6,9-10,13,20-21,27H,4,7-8,11,14-16H2. The van der Waals surface area contributed by atoms with Crippen LogP contribution in [0.1, 0.15) is 48.8 Å². The molecule has 2 fully saturated rings. The van der Waals surface area contributed by atoms with Crippen LogP contribution in [-0.4, -0.2) is 22.1 Å². The molecule has 2 heterocycles. The van der Waals surface area contributed by atoms with E-state index in [4.69, 9.17) is 5.26 Å². The van der Waals surface area contributed by atoms with E-state index in [0.717, 1.165) is 24.9 Å². The van der Waals surface area contributed by atoms with Crippen molar-refractivity contribution >= 4 is 0 Å². The fourth-order valence-corrected chi connectivity index (χ4v) is 4.89. The van der Waals surface area contributed by atoms with E-state index in [0.29, 0.717) is 30.5 Å². The SMILES string of the molecule is N#CCc1cc(C2(O)CC3CCCC(C2)N3Cc2ccccc2)ccc1F. The molecule has 0 amide bonds. The van der Waals surface area contributed by atoms with Gasteiger partial charge in [0.2, 0.25) is 0 Å². The molecular weight excluding hydrogens is 339 g/mol. The number of nitrogens with zero attached hydrogens (tertiary/aromatic N) is 2. The molecule has 2 saturated heterocycles. The van der Waals surface area contributed by atoms with Crippen LogP contribution in [0.5, 0.6) is 0 Å². The Bertz CT molecular complexity index is 831. The predicted octanol–water partition coefficient (Wildman–Crippen LogP) is 4.30. The molecule has 2 aromatic carbocycles. The zero-order valence-corrected chi connectivity index (χ0v) is 15.4. The third-order valence-corrected chi connectivity index (χ3v) is 6.22. The van der Waals surface area contributed by atoms with Crippen molar-refractivity contribution in [2.75, 3.05) is 0 Å². The third kappa shape index (κ3) is 3.63. The van der Waals surface area contributed by atoms with Crippen LogP contribution in [0.3, 0.4) is 0 Å². The van der Waals surface area contributed by atoms with Gasteiger partial charge < -0.3 is 5.11 Å². The first-order valence-corrected chi connectivity index (χ1v) is 9.77. The summed E-state index contributed by atoms with van der Waals surface area (Å²) in [4.78, 5) is 2.55. The largest absolute Gasteiger partial charge is 0.385 e. The van der Waals surface area contributed by atoms with E-state index in [1.807, 2.05) is 12.1 Å². The summed E-state index contributed by atoms with van der Waals surface area (Å²) >= 11 is 0. The van der Waals surface area contributed by atoms with Gasteiger partial charge in [-0.15, -0.1) is 0 Å². The quantitative estimate of drug-likeness (QED) is 0.880. The minimum atomic E-state index is -0.944. The number of rotatable bonds is 4. The van der Waals surface area contributed by atoms with Crippen LogP contribution in [0.2, 0.25) is 0 Å². The van der Waals surface area contributed by atoms with Gasteiger partial charge in [-0.05, 0) is 48.9 Å². The second-order valence-electron chi connectivity index (χ2n) is 7.98. The van der Waals surface area contributed by atoms with E-state index in [1.54, 1.807) is 12.1 Å². The smallest absolute Gasteiger partial charge is 0.127 e. The highest BCUT2D eigenvalue weighted by molar-refractivity contribution is 5.32. The monoisotopic (exact) mass is 364 g/mol.